The first kappa shape index (κ1) is 23.9. The molecule has 0 aliphatic heterocycles. The van der Waals surface area contributed by atoms with Gasteiger partial charge in [-0.05, 0) is 55.0 Å². The molecule has 0 aromatic heterocycles. The number of carbonyl (C=O) groups excluding carboxylic acids is 1. The van der Waals surface area contributed by atoms with Gasteiger partial charge < -0.3 is 15.2 Å². The zero-order valence-corrected chi connectivity index (χ0v) is 16.8. The van der Waals surface area contributed by atoms with Gasteiger partial charge in [0.2, 0.25) is 0 Å². The fraction of sp³-hybridized carbons (Fsp3) is 0.263. The molecule has 0 heterocycles. The zero-order chi connectivity index (χ0) is 23.2. The van der Waals surface area contributed by atoms with Crippen molar-refractivity contribution in [3.05, 3.63) is 58.1 Å². The maximum absolute atomic E-state index is 13.1. The number of rotatable bonds is 8. The molecule has 2 rings (SSSR count). The second-order valence-electron chi connectivity index (χ2n) is 6.31. The number of aliphatic imine (C=N–C) groups is 1. The lowest BCUT2D eigenvalue weighted by molar-refractivity contribution is -0.388. The van der Waals surface area contributed by atoms with E-state index in [0.29, 0.717) is 23.6 Å². The van der Waals surface area contributed by atoms with E-state index < -0.39 is 40.5 Å². The molecule has 0 aliphatic rings. The van der Waals surface area contributed by atoms with Gasteiger partial charge in [0.1, 0.15) is 17.9 Å². The molecule has 164 valence electrons. The molecule has 31 heavy (non-hydrogen) atoms. The molecular weight excluding hydrogens is 439 g/mol. The van der Waals surface area contributed by atoms with Crippen LogP contribution in [0, 0.1) is 10.1 Å². The van der Waals surface area contributed by atoms with E-state index in [4.69, 9.17) is 4.74 Å². The predicted molar refractivity (Wildman–Crippen MR) is 109 cm³/mol. The monoisotopic (exact) mass is 455 g/mol. The molecule has 0 fully saturated rings. The van der Waals surface area contributed by atoms with E-state index in [1.54, 1.807) is 12.1 Å². The van der Waals surface area contributed by atoms with Gasteiger partial charge in [-0.25, -0.2) is 0 Å². The summed E-state index contributed by atoms with van der Waals surface area (Å²) in [6.45, 7) is 0.987. The number of hydrogen-bond donors (Lipinski definition) is 2. The van der Waals surface area contributed by atoms with Crippen LogP contribution in [0.1, 0.15) is 18.9 Å². The number of halogens is 3. The summed E-state index contributed by atoms with van der Waals surface area (Å²) in [5.41, 5.74) is -4.60. The van der Waals surface area contributed by atoms with Crippen molar-refractivity contribution < 1.29 is 32.7 Å². The Balaban J connectivity index is 2.17. The van der Waals surface area contributed by atoms with E-state index in [-0.39, 0.29) is 12.1 Å². The smallest absolute Gasteiger partial charge is 0.423 e. The van der Waals surface area contributed by atoms with Crippen LogP contribution in [0.15, 0.2) is 47.5 Å². The van der Waals surface area contributed by atoms with Crippen molar-refractivity contribution in [2.24, 2.45) is 4.99 Å². The van der Waals surface area contributed by atoms with Gasteiger partial charge in [0.25, 0.3) is 11.6 Å². The number of nitrogens with zero attached hydrogens (tertiary/aromatic N) is 2. The summed E-state index contributed by atoms with van der Waals surface area (Å²) < 4.78 is 44.7. The number of thiocarbonyl (C=S) groups is 1. The number of isothiocyanates is 1. The van der Waals surface area contributed by atoms with Crippen LogP contribution in [0.2, 0.25) is 0 Å². The summed E-state index contributed by atoms with van der Waals surface area (Å²) in [6, 6.07) is 8.17. The highest BCUT2D eigenvalue weighted by Crippen LogP contribution is 2.37. The molecule has 0 unspecified atom stereocenters. The summed E-state index contributed by atoms with van der Waals surface area (Å²) >= 11 is 4.49. The number of amides is 1. The Morgan fingerprint density at radius 1 is 1.29 bits per heavy atom. The van der Waals surface area contributed by atoms with E-state index in [1.165, 1.54) is 19.1 Å². The topological polar surface area (TPSA) is 114 Å². The van der Waals surface area contributed by atoms with Crippen molar-refractivity contribution in [3.8, 4) is 5.75 Å². The van der Waals surface area contributed by atoms with Gasteiger partial charge in [-0.15, -0.1) is 0 Å². The second-order valence-corrected chi connectivity index (χ2v) is 6.49. The average Bonchev–Trinajstić information content (AvgIpc) is 2.72. The number of nitro groups is 1. The van der Waals surface area contributed by atoms with Crippen molar-refractivity contribution >= 4 is 40.3 Å². The normalized spacial score (nSPS) is 12.9. The van der Waals surface area contributed by atoms with Crippen molar-refractivity contribution in [2.45, 2.75) is 25.1 Å². The Morgan fingerprint density at radius 3 is 2.45 bits per heavy atom. The molecule has 8 nitrogen and oxygen atoms in total. The number of nitro benzene ring substituents is 1. The van der Waals surface area contributed by atoms with Gasteiger partial charge in [-0.3, -0.25) is 14.9 Å². The summed E-state index contributed by atoms with van der Waals surface area (Å²) in [5, 5.41) is 25.8. The number of hydrogen-bond acceptors (Lipinski definition) is 7. The van der Waals surface area contributed by atoms with Crippen LogP contribution < -0.4 is 10.1 Å². The van der Waals surface area contributed by atoms with Crippen LogP contribution in [0.5, 0.6) is 5.75 Å². The van der Waals surface area contributed by atoms with Crippen LogP contribution in [-0.2, 0) is 11.0 Å². The number of aliphatic hydroxyl groups is 1. The minimum atomic E-state index is -5.01. The second kappa shape index (κ2) is 9.65. The Kier molecular flexibility index (Phi) is 7.45. The largest absolute Gasteiger partial charge is 0.490 e. The van der Waals surface area contributed by atoms with Gasteiger partial charge in [-0.2, -0.15) is 18.2 Å². The quantitative estimate of drug-likeness (QED) is 0.262. The first-order valence-electron chi connectivity index (χ1n) is 8.70. The fourth-order valence-corrected chi connectivity index (χ4v) is 2.55. The number of benzene rings is 2. The highest BCUT2D eigenvalue weighted by molar-refractivity contribution is 7.78. The highest BCUT2D eigenvalue weighted by atomic mass is 32.1. The van der Waals surface area contributed by atoms with Crippen molar-refractivity contribution in [1.82, 2.24) is 0 Å². The summed E-state index contributed by atoms with van der Waals surface area (Å²) in [5.74, 6) is -0.725. The molecule has 2 N–H and O–H groups in total. The lowest BCUT2D eigenvalue weighted by Crippen LogP contribution is -2.47. The molecule has 0 saturated heterocycles. The Hall–Kier alpha value is -3.34. The van der Waals surface area contributed by atoms with E-state index >= 15 is 0 Å². The zero-order valence-electron chi connectivity index (χ0n) is 16.0. The average molecular weight is 455 g/mol. The van der Waals surface area contributed by atoms with E-state index in [9.17, 15) is 33.2 Å². The van der Waals surface area contributed by atoms with Crippen LogP contribution in [0.3, 0.4) is 0 Å². The van der Waals surface area contributed by atoms with E-state index in [2.05, 4.69) is 27.7 Å². The molecule has 0 saturated carbocycles. The number of ether oxygens (including phenoxy) is 1. The lowest BCUT2D eigenvalue weighted by Gasteiger charge is -2.25. The highest BCUT2D eigenvalue weighted by Gasteiger charge is 2.39. The molecule has 0 bridgehead atoms. The molecule has 0 spiro atoms. The molecule has 2 aromatic carbocycles. The lowest BCUT2D eigenvalue weighted by atomic mass is 10.0. The SMILES string of the molecule is CC[C@](O)(COc1ccc(N=C=S)cc1)C(=O)Nc1ccc([N+](=O)[O-])c(C(F)(F)F)c1. The van der Waals surface area contributed by atoms with Gasteiger partial charge >= 0.3 is 6.18 Å². The van der Waals surface area contributed by atoms with Gasteiger partial charge in [0, 0.05) is 11.8 Å². The molecule has 12 heteroatoms. The van der Waals surface area contributed by atoms with E-state index in [0.717, 1.165) is 6.07 Å². The third kappa shape index (κ3) is 6.07. The molecule has 0 radical (unpaired) electrons. The van der Waals surface area contributed by atoms with Crippen molar-refractivity contribution in [3.63, 3.8) is 0 Å². The Labute approximate surface area is 179 Å². The third-order valence-corrected chi connectivity index (χ3v) is 4.34. The molecule has 1 atom stereocenters. The van der Waals surface area contributed by atoms with Gasteiger partial charge in [-0.1, -0.05) is 6.92 Å². The number of alkyl halides is 3. The minimum Gasteiger partial charge on any atom is -0.490 e. The van der Waals surface area contributed by atoms with E-state index in [1.807, 2.05) is 0 Å². The van der Waals surface area contributed by atoms with Gasteiger partial charge in [0.15, 0.2) is 5.60 Å². The predicted octanol–water partition coefficient (Wildman–Crippen LogP) is 4.51. The maximum atomic E-state index is 13.1. The standard InChI is InChI=1S/C19H16F3N3O5S/c1-2-18(27,10-30-14-6-3-12(4-7-14)23-11-31)17(26)24-13-5-8-16(25(28)29)15(9-13)19(20,21)22/h3-9,27H,2,10H2,1H3,(H,24,26)/t18-/m0/s1. The van der Waals surface area contributed by atoms with Crippen LogP contribution in [-0.4, -0.2) is 33.3 Å². The first-order chi connectivity index (χ1) is 14.5. The Morgan fingerprint density at radius 2 is 1.94 bits per heavy atom. The van der Waals surface area contributed by atoms with Crippen molar-refractivity contribution in [1.29, 1.82) is 0 Å². The molecular formula is C19H16F3N3O5S. The molecule has 1 amide bonds. The summed E-state index contributed by atoms with van der Waals surface area (Å²) in [6.07, 6.45) is -5.13. The fourth-order valence-electron chi connectivity index (χ4n) is 2.45. The van der Waals surface area contributed by atoms with Crippen LogP contribution in [0.25, 0.3) is 0 Å². The number of nitrogens with one attached hydrogen (secondary N) is 1. The van der Waals surface area contributed by atoms with Crippen molar-refractivity contribution in [2.75, 3.05) is 11.9 Å². The number of anilines is 1. The Bertz CT molecular complexity index is 1020. The van der Waals surface area contributed by atoms with Crippen LogP contribution >= 0.6 is 12.2 Å². The molecule has 2 aromatic rings. The van der Waals surface area contributed by atoms with Gasteiger partial charge in [0.05, 0.1) is 15.8 Å². The molecule has 0 aliphatic carbocycles. The summed E-state index contributed by atoms with van der Waals surface area (Å²) in [7, 11) is 0. The van der Waals surface area contributed by atoms with Crippen LogP contribution in [0.4, 0.5) is 30.2 Å². The third-order valence-electron chi connectivity index (χ3n) is 4.25. The number of carbonyl (C=O) groups is 1. The minimum absolute atomic E-state index is 0.120. The maximum Gasteiger partial charge on any atom is 0.423 e. The summed E-state index contributed by atoms with van der Waals surface area (Å²) in [4.78, 5) is 25.9. The first-order valence-corrected chi connectivity index (χ1v) is 9.11.